The fraction of sp³-hybridized carbons (Fsp3) is 0.333. The number of ether oxygens (including phenoxy) is 2. The number of anilines is 1. The van der Waals surface area contributed by atoms with Crippen LogP contribution in [0, 0.1) is 0 Å². The van der Waals surface area contributed by atoms with Crippen molar-refractivity contribution in [3.8, 4) is 0 Å². The SMILES string of the molecule is CCc1cccc(NC(=O)COC(=O)c2ccc(S(=O)(=O)N3CCOCC3)cc2)c1. The first-order valence-electron chi connectivity index (χ1n) is 9.64. The molecule has 1 aliphatic heterocycles. The van der Waals surface area contributed by atoms with E-state index in [4.69, 9.17) is 9.47 Å². The van der Waals surface area contributed by atoms with Crippen molar-refractivity contribution in [2.24, 2.45) is 0 Å². The number of nitrogens with one attached hydrogen (secondary N) is 1. The van der Waals surface area contributed by atoms with Gasteiger partial charge in [-0.15, -0.1) is 0 Å². The number of benzene rings is 2. The lowest BCUT2D eigenvalue weighted by Gasteiger charge is -2.26. The number of aryl methyl sites for hydroxylation is 1. The molecular formula is C21H24N2O6S. The van der Waals surface area contributed by atoms with Crippen LogP contribution in [0.1, 0.15) is 22.8 Å². The van der Waals surface area contributed by atoms with Crippen LogP contribution in [0.4, 0.5) is 5.69 Å². The van der Waals surface area contributed by atoms with Gasteiger partial charge in [0.2, 0.25) is 10.0 Å². The fourth-order valence-electron chi connectivity index (χ4n) is 2.98. The van der Waals surface area contributed by atoms with E-state index in [0.717, 1.165) is 12.0 Å². The molecule has 0 aliphatic carbocycles. The van der Waals surface area contributed by atoms with E-state index in [0.29, 0.717) is 32.0 Å². The average Bonchev–Trinajstić information content (AvgIpc) is 2.78. The predicted octanol–water partition coefficient (Wildman–Crippen LogP) is 2.07. The van der Waals surface area contributed by atoms with Crippen LogP contribution in [0.3, 0.4) is 0 Å². The maximum absolute atomic E-state index is 12.6. The average molecular weight is 432 g/mol. The number of hydrogen-bond donors (Lipinski definition) is 1. The second-order valence-corrected chi connectivity index (χ2v) is 8.66. The molecule has 0 spiro atoms. The molecule has 1 heterocycles. The van der Waals surface area contributed by atoms with Gasteiger partial charge in [-0.3, -0.25) is 4.79 Å². The van der Waals surface area contributed by atoms with Gasteiger partial charge in [0.05, 0.1) is 23.7 Å². The third-order valence-corrected chi connectivity index (χ3v) is 6.56. The summed E-state index contributed by atoms with van der Waals surface area (Å²) in [6.07, 6.45) is 0.843. The Balaban J connectivity index is 1.56. The minimum atomic E-state index is -3.63. The molecule has 0 bridgehead atoms. The Morgan fingerprint density at radius 2 is 1.80 bits per heavy atom. The third-order valence-electron chi connectivity index (χ3n) is 4.65. The quantitative estimate of drug-likeness (QED) is 0.672. The highest BCUT2D eigenvalue weighted by atomic mass is 32.2. The molecule has 1 aliphatic rings. The number of amides is 1. The second kappa shape index (κ2) is 9.84. The van der Waals surface area contributed by atoms with Crippen LogP contribution in [-0.4, -0.2) is 57.5 Å². The summed E-state index contributed by atoms with van der Waals surface area (Å²) < 4.78 is 36.8. The van der Waals surface area contributed by atoms with E-state index in [1.165, 1.54) is 28.6 Å². The molecular weight excluding hydrogens is 408 g/mol. The Hall–Kier alpha value is -2.75. The molecule has 160 valence electrons. The molecule has 1 saturated heterocycles. The van der Waals surface area contributed by atoms with Gasteiger partial charge in [-0.05, 0) is 48.4 Å². The molecule has 1 N–H and O–H groups in total. The summed E-state index contributed by atoms with van der Waals surface area (Å²) in [5.41, 5.74) is 1.88. The van der Waals surface area contributed by atoms with Crippen LogP contribution in [0.25, 0.3) is 0 Å². The van der Waals surface area contributed by atoms with Crippen molar-refractivity contribution in [1.29, 1.82) is 0 Å². The summed E-state index contributed by atoms with van der Waals surface area (Å²) in [7, 11) is -3.63. The van der Waals surface area contributed by atoms with Gasteiger partial charge in [0.15, 0.2) is 6.61 Å². The van der Waals surface area contributed by atoms with Crippen molar-refractivity contribution in [1.82, 2.24) is 4.31 Å². The summed E-state index contributed by atoms with van der Waals surface area (Å²) in [4.78, 5) is 24.3. The van der Waals surface area contributed by atoms with Crippen LogP contribution in [-0.2, 0) is 30.7 Å². The minimum Gasteiger partial charge on any atom is -0.452 e. The van der Waals surface area contributed by atoms with Crippen LogP contribution < -0.4 is 5.32 Å². The van der Waals surface area contributed by atoms with E-state index in [9.17, 15) is 18.0 Å². The van der Waals surface area contributed by atoms with Crippen molar-refractivity contribution >= 4 is 27.6 Å². The molecule has 0 saturated carbocycles. The number of morpholine rings is 1. The van der Waals surface area contributed by atoms with Gasteiger partial charge in [-0.2, -0.15) is 4.31 Å². The number of carbonyl (C=O) groups is 2. The van der Waals surface area contributed by atoms with Crippen LogP contribution in [0.5, 0.6) is 0 Å². The molecule has 3 rings (SSSR count). The van der Waals surface area contributed by atoms with E-state index >= 15 is 0 Å². The van der Waals surface area contributed by atoms with E-state index in [2.05, 4.69) is 5.32 Å². The number of carbonyl (C=O) groups excluding carboxylic acids is 2. The molecule has 8 nitrogen and oxygen atoms in total. The second-order valence-electron chi connectivity index (χ2n) is 6.72. The van der Waals surface area contributed by atoms with Gasteiger partial charge >= 0.3 is 5.97 Å². The Morgan fingerprint density at radius 1 is 1.10 bits per heavy atom. The molecule has 0 unspecified atom stereocenters. The maximum atomic E-state index is 12.6. The Morgan fingerprint density at radius 3 is 2.47 bits per heavy atom. The molecule has 0 radical (unpaired) electrons. The van der Waals surface area contributed by atoms with Crippen molar-refractivity contribution in [2.75, 3.05) is 38.2 Å². The number of sulfonamides is 1. The fourth-order valence-corrected chi connectivity index (χ4v) is 4.39. The number of nitrogens with zero attached hydrogens (tertiary/aromatic N) is 1. The summed E-state index contributed by atoms with van der Waals surface area (Å²) >= 11 is 0. The molecule has 1 fully saturated rings. The van der Waals surface area contributed by atoms with Crippen LogP contribution in [0.2, 0.25) is 0 Å². The van der Waals surface area contributed by atoms with Crippen molar-refractivity contribution in [3.63, 3.8) is 0 Å². The Kier molecular flexibility index (Phi) is 7.20. The smallest absolute Gasteiger partial charge is 0.338 e. The van der Waals surface area contributed by atoms with Gasteiger partial charge in [0, 0.05) is 18.8 Å². The lowest BCUT2D eigenvalue weighted by Crippen LogP contribution is -2.40. The van der Waals surface area contributed by atoms with Gasteiger partial charge in [0.25, 0.3) is 5.91 Å². The van der Waals surface area contributed by atoms with Crippen molar-refractivity contribution in [3.05, 3.63) is 59.7 Å². The highest BCUT2D eigenvalue weighted by Crippen LogP contribution is 2.18. The van der Waals surface area contributed by atoms with E-state index in [1.54, 1.807) is 6.07 Å². The van der Waals surface area contributed by atoms with E-state index in [1.807, 2.05) is 25.1 Å². The third kappa shape index (κ3) is 5.44. The van der Waals surface area contributed by atoms with Crippen molar-refractivity contribution in [2.45, 2.75) is 18.2 Å². The summed E-state index contributed by atoms with van der Waals surface area (Å²) in [5, 5.41) is 2.68. The molecule has 1 amide bonds. The highest BCUT2D eigenvalue weighted by Gasteiger charge is 2.26. The van der Waals surface area contributed by atoms with Gasteiger partial charge in [0.1, 0.15) is 0 Å². The van der Waals surface area contributed by atoms with E-state index in [-0.39, 0.29) is 10.5 Å². The lowest BCUT2D eigenvalue weighted by atomic mass is 10.1. The predicted molar refractivity (Wildman–Crippen MR) is 111 cm³/mol. The zero-order chi connectivity index (χ0) is 21.6. The van der Waals surface area contributed by atoms with Crippen LogP contribution in [0.15, 0.2) is 53.4 Å². The zero-order valence-corrected chi connectivity index (χ0v) is 17.5. The Bertz CT molecular complexity index is 998. The summed E-state index contributed by atoms with van der Waals surface area (Å²) in [6.45, 7) is 2.87. The monoisotopic (exact) mass is 432 g/mol. The maximum Gasteiger partial charge on any atom is 0.338 e. The van der Waals surface area contributed by atoms with Crippen LogP contribution >= 0.6 is 0 Å². The topological polar surface area (TPSA) is 102 Å². The van der Waals surface area contributed by atoms with Gasteiger partial charge < -0.3 is 14.8 Å². The molecule has 2 aromatic rings. The molecule has 0 atom stereocenters. The van der Waals surface area contributed by atoms with Gasteiger partial charge in [-0.1, -0.05) is 19.1 Å². The Labute approximate surface area is 175 Å². The number of rotatable bonds is 7. The molecule has 9 heteroatoms. The lowest BCUT2D eigenvalue weighted by molar-refractivity contribution is -0.119. The first-order valence-corrected chi connectivity index (χ1v) is 11.1. The normalized spacial score (nSPS) is 14.8. The van der Waals surface area contributed by atoms with E-state index < -0.39 is 28.5 Å². The number of esters is 1. The number of hydrogen-bond acceptors (Lipinski definition) is 6. The molecule has 30 heavy (non-hydrogen) atoms. The molecule has 0 aromatic heterocycles. The summed E-state index contributed by atoms with van der Waals surface area (Å²) in [6, 6.07) is 12.9. The minimum absolute atomic E-state index is 0.0921. The molecule has 2 aromatic carbocycles. The van der Waals surface area contributed by atoms with Gasteiger partial charge in [-0.25, -0.2) is 13.2 Å². The summed E-state index contributed by atoms with van der Waals surface area (Å²) in [5.74, 6) is -1.16. The first-order chi connectivity index (χ1) is 14.4. The standard InChI is InChI=1S/C21H24N2O6S/c1-2-16-4-3-5-18(14-16)22-20(24)15-29-21(25)17-6-8-19(9-7-17)30(26,27)23-10-12-28-13-11-23/h3-9,14H,2,10-13,15H2,1H3,(H,22,24). The van der Waals surface area contributed by atoms with Crippen molar-refractivity contribution < 1.29 is 27.5 Å². The zero-order valence-electron chi connectivity index (χ0n) is 16.7. The first kappa shape index (κ1) is 21.9. The highest BCUT2D eigenvalue weighted by molar-refractivity contribution is 7.89. The largest absolute Gasteiger partial charge is 0.452 e.